The number of pyridine rings is 1. The Labute approximate surface area is 181 Å². The molecule has 0 spiro atoms. The molecular formula is C28H25FNO+. The zero-order chi connectivity index (χ0) is 21.7. The van der Waals surface area contributed by atoms with Gasteiger partial charge in [-0.3, -0.25) is 0 Å². The molecule has 0 saturated heterocycles. The normalized spacial score (nSPS) is 11.7. The van der Waals surface area contributed by atoms with E-state index in [9.17, 15) is 4.39 Å². The standard InChI is InChI=1S/C28H25FNO/c1-17(2)23-15-19(10-12-24(23)29)20-13-14-30(4)25(16-20)27-18(3)9-11-22-21-7-5-6-8-26(21)31-28(22)27/h5-17H,1-4H3/q+1. The molecule has 0 N–H and O–H groups in total. The second-order valence-electron chi connectivity index (χ2n) is 8.53. The van der Waals surface area contributed by atoms with Gasteiger partial charge in [-0.1, -0.05) is 50.2 Å². The second-order valence-corrected chi connectivity index (χ2v) is 8.53. The fraction of sp³-hybridized carbons (Fsp3) is 0.179. The molecule has 0 bridgehead atoms. The van der Waals surface area contributed by atoms with E-state index in [1.165, 1.54) is 0 Å². The molecule has 0 amide bonds. The van der Waals surface area contributed by atoms with Crippen molar-refractivity contribution in [2.75, 3.05) is 0 Å². The molecule has 0 unspecified atom stereocenters. The number of furan rings is 1. The zero-order valence-corrected chi connectivity index (χ0v) is 18.2. The Balaban J connectivity index is 1.75. The van der Waals surface area contributed by atoms with Crippen LogP contribution in [0, 0.1) is 12.7 Å². The summed E-state index contributed by atoms with van der Waals surface area (Å²) in [6.45, 7) is 6.15. The maximum absolute atomic E-state index is 14.3. The molecular weight excluding hydrogens is 385 g/mol. The fourth-order valence-electron chi connectivity index (χ4n) is 4.37. The molecule has 0 atom stereocenters. The van der Waals surface area contributed by atoms with E-state index in [2.05, 4.69) is 48.0 Å². The predicted octanol–water partition coefficient (Wildman–Crippen LogP) is 7.32. The first-order valence-corrected chi connectivity index (χ1v) is 10.6. The van der Waals surface area contributed by atoms with Crippen LogP contribution in [0.4, 0.5) is 4.39 Å². The molecule has 2 aromatic heterocycles. The smallest absolute Gasteiger partial charge is 0.216 e. The molecule has 0 saturated carbocycles. The summed E-state index contributed by atoms with van der Waals surface area (Å²) in [7, 11) is 2.05. The van der Waals surface area contributed by atoms with Gasteiger partial charge in [0.25, 0.3) is 0 Å². The minimum absolute atomic E-state index is 0.130. The predicted molar refractivity (Wildman–Crippen MR) is 125 cm³/mol. The Hall–Kier alpha value is -3.46. The van der Waals surface area contributed by atoms with Gasteiger partial charge in [-0.25, -0.2) is 8.96 Å². The summed E-state index contributed by atoms with van der Waals surface area (Å²) in [5, 5.41) is 2.24. The molecule has 2 heterocycles. The molecule has 0 aliphatic carbocycles. The summed E-state index contributed by atoms with van der Waals surface area (Å²) >= 11 is 0. The highest BCUT2D eigenvalue weighted by atomic mass is 19.1. The second kappa shape index (κ2) is 7.35. The van der Waals surface area contributed by atoms with E-state index < -0.39 is 0 Å². The number of aromatic nitrogens is 1. The Kier molecular flexibility index (Phi) is 4.62. The maximum Gasteiger partial charge on any atom is 0.216 e. The van der Waals surface area contributed by atoms with E-state index in [0.717, 1.165) is 55.4 Å². The molecule has 2 nitrogen and oxygen atoms in total. The SMILES string of the molecule is Cc1ccc2c(oc3ccccc32)c1-c1cc(-c2ccc(F)c(C(C)C)c2)cc[n+]1C. The summed E-state index contributed by atoms with van der Waals surface area (Å²) in [4.78, 5) is 0. The zero-order valence-electron chi connectivity index (χ0n) is 18.2. The number of hydrogen-bond donors (Lipinski definition) is 0. The van der Waals surface area contributed by atoms with Crippen molar-refractivity contribution in [3.05, 3.63) is 89.9 Å². The van der Waals surface area contributed by atoms with Crippen LogP contribution in [0.25, 0.3) is 44.3 Å². The minimum Gasteiger partial charge on any atom is -0.455 e. The monoisotopic (exact) mass is 410 g/mol. The molecule has 0 radical (unpaired) electrons. The number of fused-ring (bicyclic) bond motifs is 3. The van der Waals surface area contributed by atoms with Crippen molar-refractivity contribution in [1.29, 1.82) is 0 Å². The number of benzene rings is 3. The number of hydrogen-bond acceptors (Lipinski definition) is 1. The van der Waals surface area contributed by atoms with Crippen molar-refractivity contribution in [2.24, 2.45) is 7.05 Å². The first kappa shape index (κ1) is 19.5. The lowest BCUT2D eigenvalue weighted by Crippen LogP contribution is -2.30. The fourth-order valence-corrected chi connectivity index (χ4v) is 4.37. The molecule has 0 aliphatic heterocycles. The quantitative estimate of drug-likeness (QED) is 0.285. The summed E-state index contributed by atoms with van der Waals surface area (Å²) in [5.74, 6) is -0.0193. The van der Waals surface area contributed by atoms with Crippen molar-refractivity contribution in [3.63, 3.8) is 0 Å². The van der Waals surface area contributed by atoms with Crippen molar-refractivity contribution in [2.45, 2.75) is 26.7 Å². The topological polar surface area (TPSA) is 17.0 Å². The Morgan fingerprint density at radius 2 is 1.65 bits per heavy atom. The molecule has 5 aromatic rings. The van der Waals surface area contributed by atoms with Crippen molar-refractivity contribution in [3.8, 4) is 22.4 Å². The van der Waals surface area contributed by atoms with Crippen LogP contribution in [-0.4, -0.2) is 0 Å². The van der Waals surface area contributed by atoms with Crippen molar-refractivity contribution >= 4 is 21.9 Å². The maximum atomic E-state index is 14.3. The molecule has 3 aromatic carbocycles. The average Bonchev–Trinajstić information content (AvgIpc) is 3.13. The van der Waals surface area contributed by atoms with Gasteiger partial charge in [-0.15, -0.1) is 0 Å². The molecule has 31 heavy (non-hydrogen) atoms. The van der Waals surface area contributed by atoms with E-state index in [1.807, 2.05) is 51.2 Å². The summed E-state index contributed by atoms with van der Waals surface area (Å²) in [6, 6.07) is 22.1. The highest BCUT2D eigenvalue weighted by molar-refractivity contribution is 6.09. The van der Waals surface area contributed by atoms with E-state index in [1.54, 1.807) is 6.07 Å². The number of aryl methyl sites for hydroxylation is 2. The largest absolute Gasteiger partial charge is 0.455 e. The van der Waals surface area contributed by atoms with E-state index in [0.29, 0.717) is 0 Å². The van der Waals surface area contributed by atoms with Gasteiger partial charge < -0.3 is 4.42 Å². The van der Waals surface area contributed by atoms with Gasteiger partial charge in [0.1, 0.15) is 24.0 Å². The molecule has 0 fully saturated rings. The van der Waals surface area contributed by atoms with Gasteiger partial charge in [0, 0.05) is 22.9 Å². The number of para-hydroxylation sites is 1. The van der Waals surface area contributed by atoms with Crippen LogP contribution in [0.5, 0.6) is 0 Å². The van der Waals surface area contributed by atoms with Gasteiger partial charge >= 0.3 is 0 Å². The minimum atomic E-state index is -0.150. The molecule has 5 rings (SSSR count). The van der Waals surface area contributed by atoms with Crippen LogP contribution in [0.15, 0.2) is 77.3 Å². The van der Waals surface area contributed by atoms with Gasteiger partial charge in [-0.05, 0) is 53.3 Å². The third kappa shape index (κ3) is 3.21. The molecule has 0 aliphatic rings. The Morgan fingerprint density at radius 1 is 0.871 bits per heavy atom. The van der Waals surface area contributed by atoms with Crippen LogP contribution < -0.4 is 4.57 Å². The van der Waals surface area contributed by atoms with Crippen LogP contribution in [0.3, 0.4) is 0 Å². The van der Waals surface area contributed by atoms with E-state index >= 15 is 0 Å². The summed E-state index contributed by atoms with van der Waals surface area (Å²) in [6.07, 6.45) is 2.06. The van der Waals surface area contributed by atoms with E-state index in [-0.39, 0.29) is 11.7 Å². The lowest BCUT2D eigenvalue weighted by molar-refractivity contribution is -0.660. The van der Waals surface area contributed by atoms with Crippen LogP contribution in [-0.2, 0) is 7.05 Å². The third-order valence-corrected chi connectivity index (χ3v) is 6.11. The highest BCUT2D eigenvalue weighted by Gasteiger charge is 2.21. The molecule has 154 valence electrons. The number of rotatable bonds is 3. The Morgan fingerprint density at radius 3 is 2.45 bits per heavy atom. The average molecular weight is 411 g/mol. The number of nitrogens with zero attached hydrogens (tertiary/aromatic N) is 1. The first-order valence-electron chi connectivity index (χ1n) is 10.6. The van der Waals surface area contributed by atoms with Gasteiger partial charge in [-0.2, -0.15) is 0 Å². The Bertz CT molecular complexity index is 1440. The summed E-state index contributed by atoms with van der Waals surface area (Å²) < 4.78 is 22.7. The van der Waals surface area contributed by atoms with Crippen molar-refractivity contribution < 1.29 is 13.4 Å². The summed E-state index contributed by atoms with van der Waals surface area (Å²) in [5.41, 5.74) is 7.91. The van der Waals surface area contributed by atoms with Crippen LogP contribution >= 0.6 is 0 Å². The van der Waals surface area contributed by atoms with Crippen molar-refractivity contribution in [1.82, 2.24) is 0 Å². The van der Waals surface area contributed by atoms with E-state index in [4.69, 9.17) is 4.42 Å². The lowest BCUT2D eigenvalue weighted by Gasteiger charge is -2.11. The van der Waals surface area contributed by atoms with Crippen LogP contribution in [0.2, 0.25) is 0 Å². The highest BCUT2D eigenvalue weighted by Crippen LogP contribution is 2.37. The number of halogens is 1. The van der Waals surface area contributed by atoms with Crippen LogP contribution in [0.1, 0.15) is 30.9 Å². The van der Waals surface area contributed by atoms with Gasteiger partial charge in [0.2, 0.25) is 5.69 Å². The lowest BCUT2D eigenvalue weighted by atomic mass is 9.95. The first-order chi connectivity index (χ1) is 14.9. The van der Waals surface area contributed by atoms with Gasteiger partial charge in [0.05, 0.1) is 5.56 Å². The third-order valence-electron chi connectivity index (χ3n) is 6.11. The van der Waals surface area contributed by atoms with Gasteiger partial charge in [0.15, 0.2) is 6.20 Å². The molecule has 3 heteroatoms.